The maximum absolute atomic E-state index is 14.9. The van der Waals surface area contributed by atoms with Gasteiger partial charge in [-0.3, -0.25) is 0 Å². The molecular formula is C30H22F2. The van der Waals surface area contributed by atoms with Crippen LogP contribution >= 0.6 is 0 Å². The van der Waals surface area contributed by atoms with E-state index < -0.39 is 0 Å². The number of benzene rings is 4. The average molecular weight is 421 g/mol. The molecule has 0 heterocycles. The molecule has 0 spiro atoms. The van der Waals surface area contributed by atoms with Crippen LogP contribution in [0.5, 0.6) is 0 Å². The number of unbranched alkanes of at least 4 members (excludes halogenated alkanes) is 1. The molecule has 0 bridgehead atoms. The minimum Gasteiger partial charge on any atom is -0.207 e. The van der Waals surface area contributed by atoms with E-state index in [9.17, 15) is 8.78 Å². The topological polar surface area (TPSA) is 0 Å². The lowest BCUT2D eigenvalue weighted by Crippen LogP contribution is -1.88. The van der Waals surface area contributed by atoms with Crippen LogP contribution in [0.25, 0.3) is 10.8 Å². The summed E-state index contributed by atoms with van der Waals surface area (Å²) in [6.45, 7) is 2.19. The van der Waals surface area contributed by atoms with E-state index in [0.29, 0.717) is 16.5 Å². The highest BCUT2D eigenvalue weighted by Crippen LogP contribution is 2.22. The van der Waals surface area contributed by atoms with Crippen molar-refractivity contribution in [2.75, 3.05) is 0 Å². The van der Waals surface area contributed by atoms with Crippen molar-refractivity contribution < 1.29 is 8.78 Å². The van der Waals surface area contributed by atoms with Gasteiger partial charge in [-0.05, 0) is 78.4 Å². The van der Waals surface area contributed by atoms with Crippen LogP contribution in [0.3, 0.4) is 0 Å². The Kier molecular flexibility index (Phi) is 6.64. The summed E-state index contributed by atoms with van der Waals surface area (Å²) >= 11 is 0. The van der Waals surface area contributed by atoms with E-state index in [0.717, 1.165) is 22.9 Å². The smallest absolute Gasteiger partial charge is 0.146 e. The van der Waals surface area contributed by atoms with Gasteiger partial charge in [0.2, 0.25) is 0 Å². The molecule has 0 atom stereocenters. The first kappa shape index (κ1) is 21.4. The van der Waals surface area contributed by atoms with Crippen molar-refractivity contribution in [3.8, 4) is 23.7 Å². The summed E-state index contributed by atoms with van der Waals surface area (Å²) in [5.41, 5.74) is 4.07. The Morgan fingerprint density at radius 3 is 2.00 bits per heavy atom. The number of rotatable bonds is 3. The molecule has 0 fully saturated rings. The van der Waals surface area contributed by atoms with Gasteiger partial charge in [-0.15, -0.1) is 0 Å². The molecule has 0 N–H and O–H groups in total. The van der Waals surface area contributed by atoms with Crippen molar-refractivity contribution in [3.63, 3.8) is 0 Å². The molecule has 0 saturated carbocycles. The van der Waals surface area contributed by atoms with E-state index in [-0.39, 0.29) is 11.6 Å². The first-order chi connectivity index (χ1) is 15.6. The molecule has 4 rings (SSSR count). The zero-order valence-electron chi connectivity index (χ0n) is 17.9. The second-order valence-corrected chi connectivity index (χ2v) is 7.67. The summed E-state index contributed by atoms with van der Waals surface area (Å²) in [6.07, 6.45) is 3.47. The number of halogens is 2. The van der Waals surface area contributed by atoms with Crippen LogP contribution in [-0.2, 0) is 6.42 Å². The second-order valence-electron chi connectivity index (χ2n) is 7.67. The Morgan fingerprint density at radius 2 is 1.28 bits per heavy atom. The highest BCUT2D eigenvalue weighted by atomic mass is 19.1. The molecule has 0 aliphatic heterocycles. The van der Waals surface area contributed by atoms with Crippen LogP contribution in [0.1, 0.15) is 47.6 Å². The number of fused-ring (bicyclic) bond motifs is 1. The first-order valence-corrected chi connectivity index (χ1v) is 10.7. The van der Waals surface area contributed by atoms with Crippen LogP contribution in [0.2, 0.25) is 0 Å². The monoisotopic (exact) mass is 420 g/mol. The Morgan fingerprint density at radius 1 is 0.656 bits per heavy atom. The standard InChI is InChI=1S/C30H22F2/c1-2-3-4-22-5-7-23(8-6-22)9-10-25-14-20-29-27(21-25)17-16-26(30(29)32)15-11-24-12-18-28(31)19-13-24/h5-8,12-14,16-21H,2-4H2,1H3. The molecule has 4 aromatic rings. The van der Waals surface area contributed by atoms with Crippen molar-refractivity contribution in [1.29, 1.82) is 0 Å². The molecule has 0 unspecified atom stereocenters. The van der Waals surface area contributed by atoms with Crippen molar-refractivity contribution in [2.45, 2.75) is 26.2 Å². The fraction of sp³-hybridized carbons (Fsp3) is 0.133. The molecule has 0 aliphatic carbocycles. The molecule has 0 amide bonds. The number of hydrogen-bond donors (Lipinski definition) is 0. The summed E-state index contributed by atoms with van der Waals surface area (Å²) in [5.74, 6) is 11.4. The Balaban J connectivity index is 1.55. The lowest BCUT2D eigenvalue weighted by atomic mass is 10.0. The van der Waals surface area contributed by atoms with Crippen LogP contribution in [0.4, 0.5) is 8.78 Å². The number of aryl methyl sites for hydroxylation is 1. The summed E-state index contributed by atoms with van der Waals surface area (Å²) < 4.78 is 28.0. The maximum atomic E-state index is 14.9. The van der Waals surface area contributed by atoms with Gasteiger partial charge in [0.05, 0.1) is 5.56 Å². The van der Waals surface area contributed by atoms with Crippen molar-refractivity contribution >= 4 is 10.8 Å². The third kappa shape index (κ3) is 5.23. The van der Waals surface area contributed by atoms with Gasteiger partial charge in [-0.2, -0.15) is 0 Å². The minimum absolute atomic E-state index is 0.309. The highest BCUT2D eigenvalue weighted by Gasteiger charge is 2.06. The van der Waals surface area contributed by atoms with Gasteiger partial charge >= 0.3 is 0 Å². The zero-order valence-corrected chi connectivity index (χ0v) is 17.9. The van der Waals surface area contributed by atoms with Gasteiger partial charge in [-0.25, -0.2) is 8.78 Å². The third-order valence-corrected chi connectivity index (χ3v) is 5.26. The quantitative estimate of drug-likeness (QED) is 0.306. The average Bonchev–Trinajstić information content (AvgIpc) is 2.82. The predicted octanol–water partition coefficient (Wildman–Crippen LogP) is 7.26. The van der Waals surface area contributed by atoms with Gasteiger partial charge in [0, 0.05) is 22.1 Å². The summed E-state index contributed by atoms with van der Waals surface area (Å²) in [7, 11) is 0. The molecule has 0 aromatic heterocycles. The molecule has 32 heavy (non-hydrogen) atoms. The highest BCUT2D eigenvalue weighted by molar-refractivity contribution is 5.86. The van der Waals surface area contributed by atoms with E-state index >= 15 is 0 Å². The SMILES string of the molecule is CCCCc1ccc(C#Cc2ccc3c(F)c(C#Cc4ccc(F)cc4)ccc3c2)cc1. The zero-order chi connectivity index (χ0) is 22.3. The second kappa shape index (κ2) is 9.95. The molecule has 0 nitrogen and oxygen atoms in total. The van der Waals surface area contributed by atoms with Crippen molar-refractivity contribution in [2.24, 2.45) is 0 Å². The predicted molar refractivity (Wildman–Crippen MR) is 127 cm³/mol. The van der Waals surface area contributed by atoms with Crippen molar-refractivity contribution in [1.82, 2.24) is 0 Å². The largest absolute Gasteiger partial charge is 0.207 e. The van der Waals surface area contributed by atoms with Gasteiger partial charge in [0.15, 0.2) is 0 Å². The van der Waals surface area contributed by atoms with Crippen molar-refractivity contribution in [3.05, 3.63) is 118 Å². The van der Waals surface area contributed by atoms with Gasteiger partial charge < -0.3 is 0 Å². The molecule has 0 radical (unpaired) electrons. The third-order valence-electron chi connectivity index (χ3n) is 5.26. The molecule has 2 heteroatoms. The van der Waals surface area contributed by atoms with E-state index in [1.165, 1.54) is 30.5 Å². The Bertz CT molecular complexity index is 1360. The first-order valence-electron chi connectivity index (χ1n) is 10.7. The maximum Gasteiger partial charge on any atom is 0.146 e. The molecule has 0 saturated heterocycles. The van der Waals surface area contributed by atoms with E-state index in [4.69, 9.17) is 0 Å². The molecular weight excluding hydrogens is 398 g/mol. The molecule has 0 aliphatic rings. The summed E-state index contributed by atoms with van der Waals surface area (Å²) in [5, 5.41) is 1.28. The van der Waals surface area contributed by atoms with E-state index in [1.807, 2.05) is 30.3 Å². The van der Waals surface area contributed by atoms with Gasteiger partial charge in [0.25, 0.3) is 0 Å². The molecule has 4 aromatic carbocycles. The van der Waals surface area contributed by atoms with Crippen LogP contribution in [0, 0.1) is 35.3 Å². The van der Waals surface area contributed by atoms with Crippen LogP contribution in [-0.4, -0.2) is 0 Å². The summed E-state index contributed by atoms with van der Waals surface area (Å²) in [6, 6.07) is 23.1. The lowest BCUT2D eigenvalue weighted by molar-refractivity contribution is 0.627. The number of hydrogen-bond acceptors (Lipinski definition) is 0. The molecule has 156 valence electrons. The van der Waals surface area contributed by atoms with Crippen LogP contribution in [0.15, 0.2) is 78.9 Å². The van der Waals surface area contributed by atoms with Gasteiger partial charge in [0.1, 0.15) is 11.6 Å². The Labute approximate surface area is 187 Å². The fourth-order valence-electron chi connectivity index (χ4n) is 3.42. The van der Waals surface area contributed by atoms with E-state index in [2.05, 4.69) is 42.7 Å². The normalized spacial score (nSPS) is 10.2. The minimum atomic E-state index is -0.362. The van der Waals surface area contributed by atoms with E-state index in [1.54, 1.807) is 24.3 Å². The Hall–Kier alpha value is -3.88. The van der Waals surface area contributed by atoms with Crippen LogP contribution < -0.4 is 0 Å². The summed E-state index contributed by atoms with van der Waals surface area (Å²) in [4.78, 5) is 0. The lowest BCUT2D eigenvalue weighted by Gasteiger charge is -2.03. The van der Waals surface area contributed by atoms with Gasteiger partial charge in [-0.1, -0.05) is 61.3 Å². The fourth-order valence-corrected chi connectivity index (χ4v) is 3.42.